The van der Waals surface area contributed by atoms with Gasteiger partial charge in [-0.2, -0.15) is 23.5 Å². The Morgan fingerprint density at radius 2 is 1.66 bits per heavy atom. The molecule has 4 aromatic rings. The molecule has 0 spiro atoms. The van der Waals surface area contributed by atoms with Gasteiger partial charge in [-0.05, 0) is 42.5 Å². The van der Waals surface area contributed by atoms with Gasteiger partial charge in [0.25, 0.3) is 5.91 Å². The maximum Gasteiger partial charge on any atom is 0.418 e. The second kappa shape index (κ2) is 9.87. The molecule has 1 aromatic heterocycles. The van der Waals surface area contributed by atoms with Crippen LogP contribution in [-0.4, -0.2) is 15.7 Å². The Balaban J connectivity index is 1.75. The second-order valence-corrected chi connectivity index (χ2v) is 7.82. The fourth-order valence-corrected chi connectivity index (χ4v) is 3.50. The maximum absolute atomic E-state index is 13.3. The number of rotatable bonds is 5. The van der Waals surface area contributed by atoms with Gasteiger partial charge in [0.2, 0.25) is 0 Å². The summed E-state index contributed by atoms with van der Waals surface area (Å²) < 4.78 is 41.5. The molecule has 0 radical (unpaired) electrons. The number of amides is 1. The van der Waals surface area contributed by atoms with E-state index in [1.54, 1.807) is 41.2 Å². The number of alkyl halides is 3. The Kier molecular flexibility index (Phi) is 6.71. The lowest BCUT2D eigenvalue weighted by Crippen LogP contribution is -2.17. The van der Waals surface area contributed by atoms with Crippen molar-refractivity contribution in [2.75, 3.05) is 5.32 Å². The van der Waals surface area contributed by atoms with Gasteiger partial charge in [0.15, 0.2) is 0 Å². The molecule has 0 aliphatic carbocycles. The van der Waals surface area contributed by atoms with E-state index in [1.807, 2.05) is 30.3 Å². The summed E-state index contributed by atoms with van der Waals surface area (Å²) in [6.45, 7) is 0. The summed E-state index contributed by atoms with van der Waals surface area (Å²) in [6, 6.07) is 22.4. The maximum atomic E-state index is 13.3. The van der Waals surface area contributed by atoms with E-state index in [0.717, 1.165) is 17.8 Å². The Morgan fingerprint density at radius 1 is 1.00 bits per heavy atom. The number of carbonyl (C=O) groups excluding carboxylic acids is 1. The van der Waals surface area contributed by atoms with Crippen LogP contribution in [0.5, 0.6) is 0 Å². The van der Waals surface area contributed by atoms with Gasteiger partial charge in [-0.15, -0.1) is 0 Å². The van der Waals surface area contributed by atoms with Gasteiger partial charge in [0, 0.05) is 22.3 Å². The van der Waals surface area contributed by atoms with Gasteiger partial charge < -0.3 is 5.32 Å². The first kappa shape index (κ1) is 23.8. The molecule has 0 saturated heterocycles. The van der Waals surface area contributed by atoms with Crippen LogP contribution in [0.1, 0.15) is 11.1 Å². The Bertz CT molecular complexity index is 1440. The van der Waals surface area contributed by atoms with E-state index in [-0.39, 0.29) is 5.57 Å². The Morgan fingerprint density at radius 3 is 2.31 bits per heavy atom. The molecule has 0 bridgehead atoms. The third-order valence-corrected chi connectivity index (χ3v) is 5.28. The molecule has 0 fully saturated rings. The molecule has 9 heteroatoms. The van der Waals surface area contributed by atoms with Crippen molar-refractivity contribution in [3.05, 3.63) is 107 Å². The molecule has 1 N–H and O–H groups in total. The first-order valence-corrected chi connectivity index (χ1v) is 10.6. The number of benzene rings is 3. The lowest BCUT2D eigenvalue weighted by Gasteiger charge is -2.13. The zero-order valence-corrected chi connectivity index (χ0v) is 18.7. The van der Waals surface area contributed by atoms with Crippen LogP contribution in [0.3, 0.4) is 0 Å². The molecule has 0 aliphatic rings. The van der Waals surface area contributed by atoms with Gasteiger partial charge in [-0.25, -0.2) is 4.68 Å². The van der Waals surface area contributed by atoms with Crippen molar-refractivity contribution in [1.29, 1.82) is 5.26 Å². The number of aromatic nitrogens is 2. The summed E-state index contributed by atoms with van der Waals surface area (Å²) in [7, 11) is 0. The van der Waals surface area contributed by atoms with Crippen molar-refractivity contribution in [3.63, 3.8) is 0 Å². The zero-order valence-electron chi connectivity index (χ0n) is 17.9. The first-order chi connectivity index (χ1) is 16.8. The standard InChI is InChI=1S/C26H16ClF3N4O/c27-20-12-10-17(11-13-20)24-19(16-34(33-24)21-6-2-1-3-7-21)14-18(15-31)25(35)32-23-9-5-4-8-22(23)26(28,29)30/h1-14,16H,(H,32,35). The van der Waals surface area contributed by atoms with Crippen LogP contribution >= 0.6 is 11.6 Å². The van der Waals surface area contributed by atoms with Crippen LogP contribution in [0.2, 0.25) is 5.02 Å². The fraction of sp³-hybridized carbons (Fsp3) is 0.0385. The monoisotopic (exact) mass is 492 g/mol. The van der Waals surface area contributed by atoms with Crippen molar-refractivity contribution in [1.82, 2.24) is 9.78 Å². The molecule has 174 valence electrons. The number of anilines is 1. The van der Waals surface area contributed by atoms with Crippen LogP contribution in [0.25, 0.3) is 23.0 Å². The number of hydrogen-bond donors (Lipinski definition) is 1. The van der Waals surface area contributed by atoms with Crippen molar-refractivity contribution in [2.24, 2.45) is 0 Å². The number of halogens is 4. The largest absolute Gasteiger partial charge is 0.418 e. The Hall–Kier alpha value is -4.35. The Labute approximate surface area is 203 Å². The van der Waals surface area contributed by atoms with E-state index in [2.05, 4.69) is 10.4 Å². The van der Waals surface area contributed by atoms with E-state index in [4.69, 9.17) is 11.6 Å². The molecule has 3 aromatic carbocycles. The number of hydrogen-bond acceptors (Lipinski definition) is 3. The summed E-state index contributed by atoms with van der Waals surface area (Å²) in [5.41, 5.74) is 0.465. The summed E-state index contributed by atoms with van der Waals surface area (Å²) in [6.07, 6.45) is -1.74. The van der Waals surface area contributed by atoms with Gasteiger partial charge in [0.1, 0.15) is 11.6 Å². The molecule has 1 heterocycles. The molecule has 4 rings (SSSR count). The summed E-state index contributed by atoms with van der Waals surface area (Å²) in [5.74, 6) is -0.973. The second-order valence-electron chi connectivity index (χ2n) is 7.39. The minimum atomic E-state index is -4.67. The predicted octanol–water partition coefficient (Wildman–Crippen LogP) is 6.76. The molecule has 1 amide bonds. The van der Waals surface area contributed by atoms with E-state index < -0.39 is 23.3 Å². The van der Waals surface area contributed by atoms with Crippen molar-refractivity contribution >= 4 is 29.3 Å². The molecule has 0 atom stereocenters. The van der Waals surface area contributed by atoms with Crippen LogP contribution in [0, 0.1) is 11.3 Å². The summed E-state index contributed by atoms with van der Waals surface area (Å²) >= 11 is 6.00. The minimum absolute atomic E-state index is 0.384. The highest BCUT2D eigenvalue weighted by Crippen LogP contribution is 2.35. The number of para-hydroxylation sites is 2. The number of nitriles is 1. The van der Waals surface area contributed by atoms with Crippen LogP contribution in [0.15, 0.2) is 90.6 Å². The topological polar surface area (TPSA) is 70.7 Å². The minimum Gasteiger partial charge on any atom is -0.321 e. The van der Waals surface area contributed by atoms with Gasteiger partial charge in [-0.1, -0.05) is 54.1 Å². The van der Waals surface area contributed by atoms with Gasteiger partial charge in [-0.3, -0.25) is 4.79 Å². The molecular weight excluding hydrogens is 477 g/mol. The van der Waals surface area contributed by atoms with E-state index in [0.29, 0.717) is 21.8 Å². The fourth-order valence-electron chi connectivity index (χ4n) is 3.37. The third-order valence-electron chi connectivity index (χ3n) is 5.03. The highest BCUT2D eigenvalue weighted by atomic mass is 35.5. The van der Waals surface area contributed by atoms with Gasteiger partial charge in [0.05, 0.1) is 22.6 Å². The molecule has 0 unspecified atom stereocenters. The van der Waals surface area contributed by atoms with E-state index >= 15 is 0 Å². The summed E-state index contributed by atoms with van der Waals surface area (Å²) in [5, 5.41) is 17.0. The van der Waals surface area contributed by atoms with Crippen molar-refractivity contribution < 1.29 is 18.0 Å². The van der Waals surface area contributed by atoms with E-state index in [1.165, 1.54) is 18.2 Å². The zero-order chi connectivity index (χ0) is 25.0. The molecular formula is C26H16ClF3N4O. The SMILES string of the molecule is N#CC(=Cc1cn(-c2ccccc2)nc1-c1ccc(Cl)cc1)C(=O)Nc1ccccc1C(F)(F)F. The quantitative estimate of drug-likeness (QED) is 0.247. The highest BCUT2D eigenvalue weighted by molar-refractivity contribution is 6.30. The number of nitrogens with zero attached hydrogens (tertiary/aromatic N) is 3. The molecule has 35 heavy (non-hydrogen) atoms. The number of nitrogens with one attached hydrogen (secondary N) is 1. The van der Waals surface area contributed by atoms with Crippen LogP contribution < -0.4 is 5.32 Å². The van der Waals surface area contributed by atoms with Crippen molar-refractivity contribution in [2.45, 2.75) is 6.18 Å². The average Bonchev–Trinajstić information content (AvgIpc) is 3.27. The molecule has 5 nitrogen and oxygen atoms in total. The lowest BCUT2D eigenvalue weighted by molar-refractivity contribution is -0.137. The number of carbonyl (C=O) groups is 1. The lowest BCUT2D eigenvalue weighted by atomic mass is 10.1. The molecule has 0 aliphatic heterocycles. The third kappa shape index (κ3) is 5.42. The normalized spacial score (nSPS) is 11.7. The smallest absolute Gasteiger partial charge is 0.321 e. The van der Waals surface area contributed by atoms with Crippen LogP contribution in [0.4, 0.5) is 18.9 Å². The average molecular weight is 493 g/mol. The first-order valence-electron chi connectivity index (χ1n) is 10.3. The van der Waals surface area contributed by atoms with Crippen LogP contribution in [-0.2, 0) is 11.0 Å². The highest BCUT2D eigenvalue weighted by Gasteiger charge is 2.33. The van der Waals surface area contributed by atoms with Crippen molar-refractivity contribution in [3.8, 4) is 23.0 Å². The summed E-state index contributed by atoms with van der Waals surface area (Å²) in [4.78, 5) is 12.8. The predicted molar refractivity (Wildman–Crippen MR) is 128 cm³/mol. The van der Waals surface area contributed by atoms with E-state index in [9.17, 15) is 23.2 Å². The molecule has 0 saturated carbocycles. The van der Waals surface area contributed by atoms with Gasteiger partial charge >= 0.3 is 6.18 Å².